The summed E-state index contributed by atoms with van der Waals surface area (Å²) in [6.07, 6.45) is 1.46. The third-order valence-electron chi connectivity index (χ3n) is 3.26. The van der Waals surface area contributed by atoms with Crippen molar-refractivity contribution in [3.05, 3.63) is 22.2 Å². The number of hydrogen-bond donors (Lipinski definition) is 2. The number of rotatable bonds is 8. The molecule has 1 aromatic carbocycles. The molecule has 2 atom stereocenters. The van der Waals surface area contributed by atoms with Gasteiger partial charge in [0.15, 0.2) is 17.6 Å². The zero-order chi connectivity index (χ0) is 16.0. The van der Waals surface area contributed by atoms with Gasteiger partial charge in [0.05, 0.1) is 11.6 Å². The van der Waals surface area contributed by atoms with Crippen molar-refractivity contribution in [3.8, 4) is 11.5 Å². The van der Waals surface area contributed by atoms with Crippen LogP contribution >= 0.6 is 15.9 Å². The zero-order valence-electron chi connectivity index (χ0n) is 12.7. The second-order valence-corrected chi connectivity index (χ2v) is 5.75. The molecule has 1 aromatic rings. The molecule has 0 bridgehead atoms. The fraction of sp³-hybridized carbons (Fsp3) is 0.533. The molecule has 118 valence electrons. The maximum atomic E-state index is 11.3. The van der Waals surface area contributed by atoms with Crippen LogP contribution in [0, 0.1) is 0 Å². The molecular weight excluding hydrogens is 336 g/mol. The molecule has 4 N–H and O–H groups in total. The lowest BCUT2D eigenvalue weighted by atomic mass is 10.0. The zero-order valence-corrected chi connectivity index (χ0v) is 14.3. The molecule has 0 aliphatic carbocycles. The van der Waals surface area contributed by atoms with Crippen molar-refractivity contribution < 1.29 is 14.3 Å². The number of nitrogens with two attached hydrogens (primary N) is 2. The average Bonchev–Trinajstić information content (AvgIpc) is 2.45. The normalized spacial score (nSPS) is 13.6. The summed E-state index contributed by atoms with van der Waals surface area (Å²) in [6.45, 7) is 3.89. The van der Waals surface area contributed by atoms with Crippen LogP contribution in [0.5, 0.6) is 11.5 Å². The number of benzene rings is 1. The Hall–Kier alpha value is -1.27. The highest BCUT2D eigenvalue weighted by Gasteiger charge is 2.20. The molecule has 0 saturated carbocycles. The summed E-state index contributed by atoms with van der Waals surface area (Å²) in [6, 6.07) is 3.91. The second-order valence-electron chi connectivity index (χ2n) is 4.90. The first-order valence-corrected chi connectivity index (χ1v) is 7.80. The Bertz CT molecular complexity index is 494. The molecule has 1 rings (SSSR count). The topological polar surface area (TPSA) is 87.6 Å². The Kier molecular flexibility index (Phi) is 6.98. The molecule has 1 amide bonds. The summed E-state index contributed by atoms with van der Waals surface area (Å²) >= 11 is 3.46. The van der Waals surface area contributed by atoms with Crippen molar-refractivity contribution in [3.63, 3.8) is 0 Å². The first-order chi connectivity index (χ1) is 9.92. The average molecular weight is 359 g/mol. The fourth-order valence-electron chi connectivity index (χ4n) is 1.94. The van der Waals surface area contributed by atoms with Crippen LogP contribution in [0.4, 0.5) is 0 Å². The number of carbonyl (C=O) groups is 1. The van der Waals surface area contributed by atoms with Gasteiger partial charge in [0.1, 0.15) is 0 Å². The quantitative estimate of drug-likeness (QED) is 0.746. The molecule has 0 saturated heterocycles. The van der Waals surface area contributed by atoms with E-state index in [1.807, 2.05) is 26.0 Å². The van der Waals surface area contributed by atoms with E-state index in [0.717, 1.165) is 22.9 Å². The van der Waals surface area contributed by atoms with Crippen LogP contribution in [0.3, 0.4) is 0 Å². The van der Waals surface area contributed by atoms with Crippen molar-refractivity contribution in [2.45, 2.75) is 45.3 Å². The molecule has 21 heavy (non-hydrogen) atoms. The Morgan fingerprint density at radius 2 is 2.00 bits per heavy atom. The lowest BCUT2D eigenvalue weighted by Crippen LogP contribution is -2.33. The van der Waals surface area contributed by atoms with Gasteiger partial charge in [-0.2, -0.15) is 0 Å². The van der Waals surface area contributed by atoms with Crippen molar-refractivity contribution in [1.29, 1.82) is 0 Å². The monoisotopic (exact) mass is 358 g/mol. The van der Waals surface area contributed by atoms with Gasteiger partial charge in [0.25, 0.3) is 5.91 Å². The molecule has 0 aromatic heterocycles. The molecule has 0 radical (unpaired) electrons. The smallest absolute Gasteiger partial charge is 0.258 e. The van der Waals surface area contributed by atoms with Gasteiger partial charge in [-0.05, 0) is 52.9 Å². The number of methoxy groups -OCH3 is 1. The highest BCUT2D eigenvalue weighted by Crippen LogP contribution is 2.37. The number of amides is 1. The summed E-state index contributed by atoms with van der Waals surface area (Å²) in [7, 11) is 1.56. The minimum absolute atomic E-state index is 0.0994. The molecular formula is C15H23BrN2O3. The second kappa shape index (κ2) is 8.24. The Morgan fingerprint density at radius 3 is 2.48 bits per heavy atom. The van der Waals surface area contributed by atoms with Gasteiger partial charge >= 0.3 is 0 Å². The van der Waals surface area contributed by atoms with Gasteiger partial charge in [-0.3, -0.25) is 4.79 Å². The van der Waals surface area contributed by atoms with Gasteiger partial charge in [-0.25, -0.2) is 0 Å². The summed E-state index contributed by atoms with van der Waals surface area (Å²) in [4.78, 5) is 11.3. The molecule has 6 heteroatoms. The number of carbonyl (C=O) groups excluding carboxylic acids is 1. The highest BCUT2D eigenvalue weighted by molar-refractivity contribution is 9.10. The van der Waals surface area contributed by atoms with Crippen LogP contribution in [0.1, 0.15) is 32.3 Å². The maximum absolute atomic E-state index is 11.3. The molecule has 0 spiro atoms. The first-order valence-electron chi connectivity index (χ1n) is 7.00. The summed E-state index contributed by atoms with van der Waals surface area (Å²) in [5.74, 6) is 0.544. The molecule has 5 nitrogen and oxygen atoms in total. The van der Waals surface area contributed by atoms with Crippen molar-refractivity contribution >= 4 is 21.8 Å². The standard InChI is InChI=1S/C15H23BrN2O3/c1-4-10(17)6-9-7-11(16)14(13(8-9)20-3)21-12(5-2)15(18)19/h7-8,10,12H,4-6,17H2,1-3H3,(H2,18,19). The van der Waals surface area contributed by atoms with Crippen molar-refractivity contribution in [2.24, 2.45) is 11.5 Å². The SMILES string of the molecule is CCC(N)Cc1cc(Br)c(OC(CC)C(N)=O)c(OC)c1. The number of primary amides is 1. The Balaban J connectivity index is 3.07. The van der Waals surface area contributed by atoms with E-state index in [4.69, 9.17) is 20.9 Å². The van der Waals surface area contributed by atoms with Crippen LogP contribution in [0.25, 0.3) is 0 Å². The van der Waals surface area contributed by atoms with Crippen molar-refractivity contribution in [2.75, 3.05) is 7.11 Å². The van der Waals surface area contributed by atoms with Gasteiger partial charge in [-0.15, -0.1) is 0 Å². The summed E-state index contributed by atoms with van der Waals surface area (Å²) < 4.78 is 11.8. The molecule has 0 heterocycles. The van der Waals surface area contributed by atoms with Gasteiger partial charge in [0.2, 0.25) is 0 Å². The van der Waals surface area contributed by atoms with Crippen molar-refractivity contribution in [1.82, 2.24) is 0 Å². The van der Waals surface area contributed by atoms with Crippen LogP contribution in [0.15, 0.2) is 16.6 Å². The van der Waals surface area contributed by atoms with E-state index in [9.17, 15) is 4.79 Å². The largest absolute Gasteiger partial charge is 0.493 e. The fourth-order valence-corrected chi connectivity index (χ4v) is 2.52. The lowest BCUT2D eigenvalue weighted by molar-refractivity contribution is -0.124. The number of halogens is 1. The molecule has 0 aliphatic rings. The van der Waals surface area contributed by atoms with Crippen LogP contribution in [-0.4, -0.2) is 25.2 Å². The van der Waals surface area contributed by atoms with Crippen LogP contribution in [-0.2, 0) is 11.2 Å². The van der Waals surface area contributed by atoms with E-state index in [1.54, 1.807) is 7.11 Å². The lowest BCUT2D eigenvalue weighted by Gasteiger charge is -2.19. The van der Waals surface area contributed by atoms with E-state index in [-0.39, 0.29) is 6.04 Å². The predicted octanol–water partition coefficient (Wildman–Crippen LogP) is 2.38. The van der Waals surface area contributed by atoms with E-state index in [0.29, 0.717) is 17.9 Å². The van der Waals surface area contributed by atoms with Gasteiger partial charge < -0.3 is 20.9 Å². The number of ether oxygens (including phenoxy) is 2. The Labute approximate surface area is 134 Å². The predicted molar refractivity (Wildman–Crippen MR) is 86.6 cm³/mol. The third-order valence-corrected chi connectivity index (χ3v) is 3.85. The van der Waals surface area contributed by atoms with E-state index in [2.05, 4.69) is 15.9 Å². The molecule has 2 unspecified atom stereocenters. The number of hydrogen-bond acceptors (Lipinski definition) is 4. The van der Waals surface area contributed by atoms with Crippen LogP contribution in [0.2, 0.25) is 0 Å². The summed E-state index contributed by atoms with van der Waals surface area (Å²) in [5, 5.41) is 0. The van der Waals surface area contributed by atoms with E-state index in [1.165, 1.54) is 0 Å². The first kappa shape index (κ1) is 17.8. The van der Waals surface area contributed by atoms with Gasteiger partial charge in [-0.1, -0.05) is 13.8 Å². The van der Waals surface area contributed by atoms with E-state index < -0.39 is 12.0 Å². The minimum atomic E-state index is -0.682. The maximum Gasteiger partial charge on any atom is 0.258 e. The van der Waals surface area contributed by atoms with Crippen LogP contribution < -0.4 is 20.9 Å². The van der Waals surface area contributed by atoms with E-state index >= 15 is 0 Å². The van der Waals surface area contributed by atoms with Gasteiger partial charge in [0, 0.05) is 6.04 Å². The summed E-state index contributed by atoms with van der Waals surface area (Å²) in [5.41, 5.74) is 12.3. The Morgan fingerprint density at radius 1 is 1.33 bits per heavy atom. The molecule has 0 fully saturated rings. The molecule has 0 aliphatic heterocycles. The third kappa shape index (κ3) is 4.89. The highest BCUT2D eigenvalue weighted by atomic mass is 79.9. The minimum Gasteiger partial charge on any atom is -0.493 e.